The van der Waals surface area contributed by atoms with Crippen LogP contribution >= 0.6 is 0 Å². The maximum atomic E-state index is 12.1. The molecule has 1 aliphatic heterocycles. The molecule has 1 unspecified atom stereocenters. The Morgan fingerprint density at radius 3 is 3.05 bits per heavy atom. The fourth-order valence-corrected chi connectivity index (χ4v) is 2.12. The Kier molecular flexibility index (Phi) is 5.10. The van der Waals surface area contributed by atoms with E-state index in [4.69, 9.17) is 4.74 Å². The molecule has 1 aromatic heterocycles. The molecule has 7 nitrogen and oxygen atoms in total. The van der Waals surface area contributed by atoms with Crippen LogP contribution in [0.4, 0.5) is 0 Å². The number of rotatable bonds is 4. The first-order chi connectivity index (χ1) is 10.1. The summed E-state index contributed by atoms with van der Waals surface area (Å²) in [6.45, 7) is 1.34. The monoisotopic (exact) mass is 293 g/mol. The van der Waals surface area contributed by atoms with Gasteiger partial charge in [0, 0.05) is 32.4 Å². The van der Waals surface area contributed by atoms with Gasteiger partial charge in [0.25, 0.3) is 0 Å². The third-order valence-corrected chi connectivity index (χ3v) is 3.33. The Morgan fingerprint density at radius 2 is 2.38 bits per heavy atom. The Labute approximate surface area is 123 Å². The molecule has 0 radical (unpaired) electrons. The average Bonchev–Trinajstić information content (AvgIpc) is 2.90. The van der Waals surface area contributed by atoms with Crippen molar-refractivity contribution < 1.29 is 19.1 Å². The molecule has 1 saturated heterocycles. The van der Waals surface area contributed by atoms with Gasteiger partial charge in [-0.25, -0.2) is 0 Å². The van der Waals surface area contributed by atoms with Crippen LogP contribution in [0.3, 0.4) is 0 Å². The minimum absolute atomic E-state index is 0.102. The van der Waals surface area contributed by atoms with E-state index in [0.717, 1.165) is 5.69 Å². The van der Waals surface area contributed by atoms with Crippen molar-refractivity contribution in [1.82, 2.24) is 14.7 Å². The van der Waals surface area contributed by atoms with Gasteiger partial charge in [-0.1, -0.05) is 0 Å². The van der Waals surface area contributed by atoms with Crippen molar-refractivity contribution >= 4 is 18.0 Å². The predicted molar refractivity (Wildman–Crippen MR) is 75.2 cm³/mol. The number of morpholine rings is 1. The summed E-state index contributed by atoms with van der Waals surface area (Å²) in [6.07, 6.45) is 4.76. The van der Waals surface area contributed by atoms with Crippen molar-refractivity contribution in [3.63, 3.8) is 0 Å². The summed E-state index contributed by atoms with van der Waals surface area (Å²) >= 11 is 0. The highest BCUT2D eigenvalue weighted by Gasteiger charge is 2.25. The lowest BCUT2D eigenvalue weighted by molar-refractivity contribution is -0.148. The van der Waals surface area contributed by atoms with Gasteiger partial charge in [0.2, 0.25) is 5.91 Å². The maximum Gasteiger partial charge on any atom is 0.308 e. The first-order valence-electron chi connectivity index (χ1n) is 6.73. The molecule has 0 spiro atoms. The molecular weight excluding hydrogens is 274 g/mol. The molecular formula is C14H19N3O4. The summed E-state index contributed by atoms with van der Waals surface area (Å²) in [5.41, 5.74) is 0.850. The van der Waals surface area contributed by atoms with Crippen LogP contribution in [0.1, 0.15) is 12.1 Å². The number of hydrogen-bond donors (Lipinski definition) is 0. The second kappa shape index (κ2) is 7.03. The lowest BCUT2D eigenvalue weighted by Crippen LogP contribution is -2.45. The van der Waals surface area contributed by atoms with Gasteiger partial charge < -0.3 is 14.4 Å². The molecule has 1 aromatic rings. The van der Waals surface area contributed by atoms with Crippen molar-refractivity contribution in [2.24, 2.45) is 7.05 Å². The van der Waals surface area contributed by atoms with Crippen LogP contribution in [0.5, 0.6) is 0 Å². The number of nitrogens with zero attached hydrogens (tertiary/aromatic N) is 3. The molecule has 0 saturated carbocycles. The molecule has 2 heterocycles. The standard InChI is InChI=1S/C14H19N3O4/c1-16-11(5-6-15-16)3-4-13(18)17-7-8-21-12(10-17)9-14(19)20-2/h3-6,12H,7-10H2,1-2H3/b4-3+. The Morgan fingerprint density at radius 1 is 1.57 bits per heavy atom. The number of ether oxygens (including phenoxy) is 2. The molecule has 1 fully saturated rings. The maximum absolute atomic E-state index is 12.1. The number of esters is 1. The summed E-state index contributed by atoms with van der Waals surface area (Å²) in [5.74, 6) is -0.436. The lowest BCUT2D eigenvalue weighted by atomic mass is 10.2. The molecule has 114 valence electrons. The largest absolute Gasteiger partial charge is 0.469 e. The van der Waals surface area contributed by atoms with Crippen molar-refractivity contribution in [3.8, 4) is 0 Å². The first-order valence-corrected chi connectivity index (χ1v) is 6.73. The number of carbonyl (C=O) groups excluding carboxylic acids is 2. The summed E-state index contributed by atoms with van der Waals surface area (Å²) < 4.78 is 11.8. The van der Waals surface area contributed by atoms with Crippen LogP contribution < -0.4 is 0 Å². The lowest BCUT2D eigenvalue weighted by Gasteiger charge is -2.31. The average molecular weight is 293 g/mol. The number of amides is 1. The molecule has 0 N–H and O–H groups in total. The number of aromatic nitrogens is 2. The number of hydrogen-bond acceptors (Lipinski definition) is 5. The molecule has 2 rings (SSSR count). The van der Waals surface area contributed by atoms with Gasteiger partial charge in [0.15, 0.2) is 0 Å². The van der Waals surface area contributed by atoms with Gasteiger partial charge in [-0.2, -0.15) is 5.10 Å². The second-order valence-electron chi connectivity index (χ2n) is 4.77. The zero-order chi connectivity index (χ0) is 15.2. The molecule has 0 aromatic carbocycles. The number of carbonyl (C=O) groups is 2. The van der Waals surface area contributed by atoms with Crippen LogP contribution in [0.2, 0.25) is 0 Å². The van der Waals surface area contributed by atoms with Crippen molar-refractivity contribution in [1.29, 1.82) is 0 Å². The summed E-state index contributed by atoms with van der Waals surface area (Å²) in [4.78, 5) is 25.1. The highest BCUT2D eigenvalue weighted by atomic mass is 16.5. The molecule has 1 amide bonds. The topological polar surface area (TPSA) is 73.7 Å². The van der Waals surface area contributed by atoms with E-state index in [1.165, 1.54) is 13.2 Å². The van der Waals surface area contributed by atoms with Crippen molar-refractivity contribution in [3.05, 3.63) is 24.0 Å². The van der Waals surface area contributed by atoms with E-state index in [1.54, 1.807) is 21.9 Å². The number of methoxy groups -OCH3 is 1. The van der Waals surface area contributed by atoms with Crippen LogP contribution in [0, 0.1) is 0 Å². The van der Waals surface area contributed by atoms with Crippen LogP contribution in [-0.2, 0) is 26.1 Å². The zero-order valence-corrected chi connectivity index (χ0v) is 12.2. The highest BCUT2D eigenvalue weighted by Crippen LogP contribution is 2.10. The van der Waals surface area contributed by atoms with E-state index in [2.05, 4.69) is 9.84 Å². The van der Waals surface area contributed by atoms with Crippen molar-refractivity contribution in [2.45, 2.75) is 12.5 Å². The van der Waals surface area contributed by atoms with Gasteiger partial charge >= 0.3 is 5.97 Å². The highest BCUT2D eigenvalue weighted by molar-refractivity contribution is 5.91. The van der Waals surface area contributed by atoms with Gasteiger partial charge in [-0.3, -0.25) is 14.3 Å². The zero-order valence-electron chi connectivity index (χ0n) is 12.2. The van der Waals surface area contributed by atoms with E-state index in [9.17, 15) is 9.59 Å². The van der Waals surface area contributed by atoms with Gasteiger partial charge in [0.05, 0.1) is 31.9 Å². The summed E-state index contributed by atoms with van der Waals surface area (Å²) in [5, 5.41) is 4.03. The summed E-state index contributed by atoms with van der Waals surface area (Å²) in [7, 11) is 3.15. The molecule has 1 atom stereocenters. The molecule has 0 aliphatic carbocycles. The fourth-order valence-electron chi connectivity index (χ4n) is 2.12. The van der Waals surface area contributed by atoms with E-state index in [1.807, 2.05) is 13.1 Å². The van der Waals surface area contributed by atoms with E-state index >= 15 is 0 Å². The first kappa shape index (κ1) is 15.2. The third-order valence-electron chi connectivity index (χ3n) is 3.33. The quantitative estimate of drug-likeness (QED) is 0.586. The van der Waals surface area contributed by atoms with E-state index in [0.29, 0.717) is 19.7 Å². The molecule has 0 bridgehead atoms. The van der Waals surface area contributed by atoms with Gasteiger partial charge in [0.1, 0.15) is 0 Å². The smallest absolute Gasteiger partial charge is 0.308 e. The Hall–Kier alpha value is -2.15. The van der Waals surface area contributed by atoms with Gasteiger partial charge in [-0.15, -0.1) is 0 Å². The molecule has 1 aliphatic rings. The third kappa shape index (κ3) is 4.16. The fraction of sp³-hybridized carbons (Fsp3) is 0.500. The van der Waals surface area contributed by atoms with E-state index in [-0.39, 0.29) is 24.4 Å². The van der Waals surface area contributed by atoms with Crippen LogP contribution in [-0.4, -0.2) is 59.5 Å². The minimum Gasteiger partial charge on any atom is -0.469 e. The van der Waals surface area contributed by atoms with Crippen molar-refractivity contribution in [2.75, 3.05) is 26.8 Å². The second-order valence-corrected chi connectivity index (χ2v) is 4.77. The van der Waals surface area contributed by atoms with Crippen LogP contribution in [0.15, 0.2) is 18.3 Å². The predicted octanol–water partition coefficient (Wildman–Crippen LogP) is 0.224. The van der Waals surface area contributed by atoms with Gasteiger partial charge in [-0.05, 0) is 12.1 Å². The normalized spacial score (nSPS) is 19.0. The Bertz CT molecular complexity index is 538. The minimum atomic E-state index is -0.334. The van der Waals surface area contributed by atoms with E-state index < -0.39 is 0 Å². The molecule has 7 heteroatoms. The SMILES string of the molecule is COC(=O)CC1CN(C(=O)/C=C/c2ccnn2C)CCO1. The number of aryl methyl sites for hydroxylation is 1. The Balaban J connectivity index is 1.91. The molecule has 21 heavy (non-hydrogen) atoms. The summed E-state index contributed by atoms with van der Waals surface area (Å²) in [6, 6.07) is 1.82. The van der Waals surface area contributed by atoms with Crippen LogP contribution in [0.25, 0.3) is 6.08 Å².